The maximum absolute atomic E-state index is 6.17. The lowest BCUT2D eigenvalue weighted by atomic mass is 10.1. The molecule has 0 aliphatic heterocycles. The van der Waals surface area contributed by atoms with Gasteiger partial charge in [0, 0.05) is 13.0 Å². The van der Waals surface area contributed by atoms with Crippen LogP contribution in [0.25, 0.3) is 0 Å². The van der Waals surface area contributed by atoms with E-state index in [-0.39, 0.29) is 0 Å². The minimum absolute atomic E-state index is 0.613. The fourth-order valence-electron chi connectivity index (χ4n) is 1.94. The number of anilines is 1. The zero-order valence-corrected chi connectivity index (χ0v) is 11.1. The molecule has 1 aromatic rings. The van der Waals surface area contributed by atoms with Gasteiger partial charge in [-0.1, -0.05) is 34.1 Å². The second-order valence-electron chi connectivity index (χ2n) is 4.82. The molecule has 0 bridgehead atoms. The van der Waals surface area contributed by atoms with Crippen LogP contribution >= 0.6 is 0 Å². The summed E-state index contributed by atoms with van der Waals surface area (Å²) in [6, 6.07) is 0. The van der Waals surface area contributed by atoms with Crippen molar-refractivity contribution in [1.29, 1.82) is 0 Å². The number of imidazole rings is 1. The third-order valence-corrected chi connectivity index (χ3v) is 2.82. The molecule has 0 fully saturated rings. The van der Waals surface area contributed by atoms with Crippen LogP contribution in [-0.4, -0.2) is 9.55 Å². The van der Waals surface area contributed by atoms with Gasteiger partial charge in [-0.05, 0) is 18.8 Å². The summed E-state index contributed by atoms with van der Waals surface area (Å²) in [5.74, 6) is 2.64. The van der Waals surface area contributed by atoms with Crippen LogP contribution < -0.4 is 5.73 Å². The maximum atomic E-state index is 6.17. The SMILES string of the molecule is CCCCn1c(CC)nc(CC(C)C)c1N. The standard InChI is InChI=1S/C13H25N3/c1-5-7-8-16-12(6-2)15-11(13(16)14)9-10(3)4/h10H,5-9,14H2,1-4H3. The van der Waals surface area contributed by atoms with Gasteiger partial charge in [-0.25, -0.2) is 4.98 Å². The summed E-state index contributed by atoms with van der Waals surface area (Å²) in [7, 11) is 0. The Bertz CT molecular complexity index is 326. The number of hydrogen-bond acceptors (Lipinski definition) is 2. The highest BCUT2D eigenvalue weighted by Crippen LogP contribution is 2.19. The molecule has 0 saturated carbocycles. The predicted molar refractivity (Wildman–Crippen MR) is 69.5 cm³/mol. The number of unbranched alkanes of at least 4 members (excludes halogenated alkanes) is 1. The molecular formula is C13H25N3. The molecule has 0 radical (unpaired) electrons. The molecule has 0 spiro atoms. The summed E-state index contributed by atoms with van der Waals surface area (Å²) < 4.78 is 2.20. The minimum Gasteiger partial charge on any atom is -0.384 e. The quantitative estimate of drug-likeness (QED) is 0.805. The predicted octanol–water partition coefficient (Wildman–Crippen LogP) is 3.03. The molecule has 0 unspecified atom stereocenters. The van der Waals surface area contributed by atoms with Gasteiger partial charge in [0.1, 0.15) is 11.6 Å². The first-order valence-corrected chi connectivity index (χ1v) is 6.43. The number of nitrogens with two attached hydrogens (primary N) is 1. The molecule has 16 heavy (non-hydrogen) atoms. The largest absolute Gasteiger partial charge is 0.384 e. The van der Waals surface area contributed by atoms with Crippen molar-refractivity contribution in [2.75, 3.05) is 5.73 Å². The first kappa shape index (κ1) is 13.1. The normalized spacial score (nSPS) is 11.3. The summed E-state index contributed by atoms with van der Waals surface area (Å²) >= 11 is 0. The number of nitrogen functional groups attached to an aromatic ring is 1. The van der Waals surface area contributed by atoms with E-state index in [9.17, 15) is 0 Å². The highest BCUT2D eigenvalue weighted by atomic mass is 15.1. The van der Waals surface area contributed by atoms with Crippen molar-refractivity contribution in [3.05, 3.63) is 11.5 Å². The van der Waals surface area contributed by atoms with Crippen molar-refractivity contribution in [3.8, 4) is 0 Å². The van der Waals surface area contributed by atoms with Crippen LogP contribution in [0.3, 0.4) is 0 Å². The van der Waals surface area contributed by atoms with Gasteiger partial charge in [0.2, 0.25) is 0 Å². The van der Waals surface area contributed by atoms with E-state index in [1.807, 2.05) is 0 Å². The van der Waals surface area contributed by atoms with Gasteiger partial charge in [-0.2, -0.15) is 0 Å². The van der Waals surface area contributed by atoms with E-state index in [1.165, 1.54) is 12.8 Å². The molecule has 0 amide bonds. The van der Waals surface area contributed by atoms with Crippen LogP contribution in [0.15, 0.2) is 0 Å². The Kier molecular flexibility index (Phi) is 4.84. The number of nitrogens with zero attached hydrogens (tertiary/aromatic N) is 2. The average Bonchev–Trinajstić information content (AvgIpc) is 2.52. The van der Waals surface area contributed by atoms with Gasteiger partial charge in [0.05, 0.1) is 5.69 Å². The second kappa shape index (κ2) is 5.92. The third-order valence-electron chi connectivity index (χ3n) is 2.82. The summed E-state index contributed by atoms with van der Waals surface area (Å²) in [6.07, 6.45) is 4.32. The Labute approximate surface area is 99.1 Å². The van der Waals surface area contributed by atoms with Crippen molar-refractivity contribution in [1.82, 2.24) is 9.55 Å². The van der Waals surface area contributed by atoms with Crippen LogP contribution in [0.4, 0.5) is 5.82 Å². The van der Waals surface area contributed by atoms with Crippen molar-refractivity contribution < 1.29 is 0 Å². The van der Waals surface area contributed by atoms with Gasteiger partial charge in [0.25, 0.3) is 0 Å². The molecule has 0 saturated heterocycles. The van der Waals surface area contributed by atoms with Gasteiger partial charge >= 0.3 is 0 Å². The maximum Gasteiger partial charge on any atom is 0.126 e. The first-order valence-electron chi connectivity index (χ1n) is 6.43. The number of rotatable bonds is 6. The summed E-state index contributed by atoms with van der Waals surface area (Å²) in [6.45, 7) is 9.76. The zero-order valence-electron chi connectivity index (χ0n) is 11.1. The van der Waals surface area contributed by atoms with Crippen LogP contribution in [0.5, 0.6) is 0 Å². The number of hydrogen-bond donors (Lipinski definition) is 1. The van der Waals surface area contributed by atoms with E-state index in [4.69, 9.17) is 5.73 Å². The Morgan fingerprint density at radius 3 is 2.50 bits per heavy atom. The van der Waals surface area contributed by atoms with Crippen LogP contribution in [0.1, 0.15) is 52.1 Å². The summed E-state index contributed by atoms with van der Waals surface area (Å²) in [4.78, 5) is 4.66. The molecule has 2 N–H and O–H groups in total. The fraction of sp³-hybridized carbons (Fsp3) is 0.769. The summed E-state index contributed by atoms with van der Waals surface area (Å²) in [5, 5.41) is 0. The van der Waals surface area contributed by atoms with Gasteiger partial charge in [-0.15, -0.1) is 0 Å². The van der Waals surface area contributed by atoms with E-state index in [0.717, 1.165) is 36.7 Å². The molecule has 3 heteroatoms. The Hall–Kier alpha value is -0.990. The van der Waals surface area contributed by atoms with Crippen LogP contribution in [0, 0.1) is 5.92 Å². The molecule has 0 aliphatic rings. The lowest BCUT2D eigenvalue weighted by Gasteiger charge is -2.08. The van der Waals surface area contributed by atoms with Gasteiger partial charge < -0.3 is 10.3 Å². The van der Waals surface area contributed by atoms with E-state index in [1.54, 1.807) is 0 Å². The molecular weight excluding hydrogens is 198 g/mol. The summed E-state index contributed by atoms with van der Waals surface area (Å²) in [5.41, 5.74) is 7.26. The van der Waals surface area contributed by atoms with Gasteiger partial charge in [0.15, 0.2) is 0 Å². The van der Waals surface area contributed by atoms with Crippen LogP contribution in [0.2, 0.25) is 0 Å². The second-order valence-corrected chi connectivity index (χ2v) is 4.82. The van der Waals surface area contributed by atoms with Crippen molar-refractivity contribution in [2.45, 2.75) is 59.9 Å². The van der Waals surface area contributed by atoms with Gasteiger partial charge in [-0.3, -0.25) is 0 Å². The van der Waals surface area contributed by atoms with E-state index >= 15 is 0 Å². The molecule has 3 nitrogen and oxygen atoms in total. The van der Waals surface area contributed by atoms with E-state index in [0.29, 0.717) is 5.92 Å². The molecule has 0 atom stereocenters. The van der Waals surface area contributed by atoms with E-state index in [2.05, 4.69) is 37.2 Å². The number of aromatic nitrogens is 2. The Morgan fingerprint density at radius 2 is 2.00 bits per heavy atom. The number of aryl methyl sites for hydroxylation is 1. The first-order chi connectivity index (χ1) is 7.60. The Morgan fingerprint density at radius 1 is 1.31 bits per heavy atom. The zero-order chi connectivity index (χ0) is 12.1. The lowest BCUT2D eigenvalue weighted by Crippen LogP contribution is -2.07. The van der Waals surface area contributed by atoms with Crippen LogP contribution in [-0.2, 0) is 19.4 Å². The van der Waals surface area contributed by atoms with Crippen molar-refractivity contribution in [3.63, 3.8) is 0 Å². The molecule has 0 aromatic carbocycles. The monoisotopic (exact) mass is 223 g/mol. The molecule has 0 aliphatic carbocycles. The smallest absolute Gasteiger partial charge is 0.126 e. The molecule has 1 heterocycles. The van der Waals surface area contributed by atoms with E-state index < -0.39 is 0 Å². The topological polar surface area (TPSA) is 43.8 Å². The average molecular weight is 223 g/mol. The van der Waals surface area contributed by atoms with Crippen molar-refractivity contribution in [2.24, 2.45) is 5.92 Å². The molecule has 1 aromatic heterocycles. The molecule has 92 valence electrons. The minimum atomic E-state index is 0.613. The van der Waals surface area contributed by atoms with Crippen molar-refractivity contribution >= 4 is 5.82 Å². The fourth-order valence-corrected chi connectivity index (χ4v) is 1.94. The third kappa shape index (κ3) is 3.00. The highest BCUT2D eigenvalue weighted by Gasteiger charge is 2.13. The lowest BCUT2D eigenvalue weighted by molar-refractivity contribution is 0.611. The molecule has 1 rings (SSSR count). The highest BCUT2D eigenvalue weighted by molar-refractivity contribution is 5.38. The Balaban J connectivity index is 2.91.